The van der Waals surface area contributed by atoms with Gasteiger partial charge in [-0.15, -0.1) is 0 Å². The van der Waals surface area contributed by atoms with Crippen LogP contribution in [-0.4, -0.2) is 38.3 Å². The van der Waals surface area contributed by atoms with Gasteiger partial charge in [-0.05, 0) is 24.3 Å². The molecule has 0 radical (unpaired) electrons. The standard InChI is InChI=1S/C19H17N3O5/c1-26-13-7-5-6-12(10-13)22-18(24)14(17(23)21-19(22)25)11-20-15-8-3-4-9-16(15)27-2/h3-11,14H,1-2H3,(H,21,23,25)/t14-/m1/s1. The quantitative estimate of drug-likeness (QED) is 0.646. The lowest BCUT2D eigenvalue weighted by molar-refractivity contribution is -0.131. The van der Waals surface area contributed by atoms with E-state index in [9.17, 15) is 14.4 Å². The summed E-state index contributed by atoms with van der Waals surface area (Å²) >= 11 is 0. The van der Waals surface area contributed by atoms with E-state index in [1.807, 2.05) is 0 Å². The summed E-state index contributed by atoms with van der Waals surface area (Å²) in [5.74, 6) is -1.71. The lowest BCUT2D eigenvalue weighted by Gasteiger charge is -2.28. The molecule has 0 aromatic heterocycles. The van der Waals surface area contributed by atoms with Crippen LogP contribution in [0.25, 0.3) is 0 Å². The number of barbiturate groups is 1. The SMILES string of the molecule is COc1cccc(N2C(=O)NC(=O)[C@@H](C=Nc3ccccc3OC)C2=O)c1. The number of methoxy groups -OCH3 is 2. The highest BCUT2D eigenvalue weighted by Gasteiger charge is 2.40. The number of benzene rings is 2. The molecule has 0 unspecified atom stereocenters. The molecule has 2 aromatic rings. The Morgan fingerprint density at radius 3 is 2.56 bits per heavy atom. The van der Waals surface area contributed by atoms with Crippen LogP contribution in [0.4, 0.5) is 16.2 Å². The maximum absolute atomic E-state index is 12.8. The lowest BCUT2D eigenvalue weighted by atomic mass is 10.1. The number of hydrogen-bond donors (Lipinski definition) is 1. The molecule has 8 nitrogen and oxygen atoms in total. The summed E-state index contributed by atoms with van der Waals surface area (Å²) in [7, 11) is 2.97. The fourth-order valence-electron chi connectivity index (χ4n) is 2.61. The highest BCUT2D eigenvalue weighted by Crippen LogP contribution is 2.27. The molecule has 0 aliphatic carbocycles. The van der Waals surface area contributed by atoms with Crippen molar-refractivity contribution in [3.8, 4) is 11.5 Å². The zero-order chi connectivity index (χ0) is 19.4. The van der Waals surface area contributed by atoms with Crippen molar-refractivity contribution in [1.82, 2.24) is 5.32 Å². The van der Waals surface area contributed by atoms with Gasteiger partial charge in [-0.25, -0.2) is 9.69 Å². The number of urea groups is 1. The Morgan fingerprint density at radius 1 is 1.04 bits per heavy atom. The molecule has 1 aliphatic rings. The van der Waals surface area contributed by atoms with Gasteiger partial charge in [-0.1, -0.05) is 18.2 Å². The Balaban J connectivity index is 1.91. The average Bonchev–Trinajstić information content (AvgIpc) is 2.68. The van der Waals surface area contributed by atoms with Gasteiger partial charge < -0.3 is 9.47 Å². The van der Waals surface area contributed by atoms with Gasteiger partial charge in [-0.3, -0.25) is 19.9 Å². The number of amides is 4. The second-order valence-electron chi connectivity index (χ2n) is 5.60. The maximum atomic E-state index is 12.8. The molecule has 0 saturated carbocycles. The highest BCUT2D eigenvalue weighted by molar-refractivity contribution is 6.32. The van der Waals surface area contributed by atoms with Crippen LogP contribution >= 0.6 is 0 Å². The van der Waals surface area contributed by atoms with E-state index >= 15 is 0 Å². The summed E-state index contributed by atoms with van der Waals surface area (Å²) in [6.07, 6.45) is 1.20. The van der Waals surface area contributed by atoms with E-state index in [2.05, 4.69) is 10.3 Å². The molecule has 1 saturated heterocycles. The summed E-state index contributed by atoms with van der Waals surface area (Å²) in [6, 6.07) is 12.5. The zero-order valence-corrected chi connectivity index (χ0v) is 14.7. The normalized spacial score (nSPS) is 17.2. The molecular formula is C19H17N3O5. The van der Waals surface area contributed by atoms with Crippen molar-refractivity contribution in [3.05, 3.63) is 48.5 Å². The second-order valence-corrected chi connectivity index (χ2v) is 5.60. The van der Waals surface area contributed by atoms with E-state index < -0.39 is 23.8 Å². The van der Waals surface area contributed by atoms with Crippen molar-refractivity contribution in [1.29, 1.82) is 0 Å². The molecule has 27 heavy (non-hydrogen) atoms. The predicted molar refractivity (Wildman–Crippen MR) is 98.7 cm³/mol. The highest BCUT2D eigenvalue weighted by atomic mass is 16.5. The largest absolute Gasteiger partial charge is 0.497 e. The molecule has 1 atom stereocenters. The van der Waals surface area contributed by atoms with E-state index in [1.54, 1.807) is 42.5 Å². The summed E-state index contributed by atoms with van der Waals surface area (Å²) in [5.41, 5.74) is 0.755. The number of aliphatic imine (C=N–C) groups is 1. The van der Waals surface area contributed by atoms with E-state index in [4.69, 9.17) is 9.47 Å². The first-order chi connectivity index (χ1) is 13.0. The van der Waals surface area contributed by atoms with Crippen LogP contribution in [0.15, 0.2) is 53.5 Å². The first-order valence-electron chi connectivity index (χ1n) is 8.05. The van der Waals surface area contributed by atoms with Crippen molar-refractivity contribution in [2.75, 3.05) is 19.1 Å². The number of anilines is 1. The number of ether oxygens (including phenoxy) is 2. The molecule has 0 spiro atoms. The minimum Gasteiger partial charge on any atom is -0.497 e. The van der Waals surface area contributed by atoms with Crippen LogP contribution in [0.2, 0.25) is 0 Å². The first kappa shape index (κ1) is 18.1. The van der Waals surface area contributed by atoms with Crippen LogP contribution in [0, 0.1) is 5.92 Å². The van der Waals surface area contributed by atoms with Gasteiger partial charge in [0.2, 0.25) is 5.91 Å². The Bertz CT molecular complexity index is 925. The summed E-state index contributed by atoms with van der Waals surface area (Å²) in [4.78, 5) is 42.3. The Morgan fingerprint density at radius 2 is 1.81 bits per heavy atom. The van der Waals surface area contributed by atoms with Crippen molar-refractivity contribution in [2.45, 2.75) is 0 Å². The van der Waals surface area contributed by atoms with Crippen molar-refractivity contribution in [2.24, 2.45) is 10.9 Å². The number of carbonyl (C=O) groups is 3. The molecule has 138 valence electrons. The summed E-state index contributed by atoms with van der Waals surface area (Å²) in [6.45, 7) is 0. The number of nitrogens with one attached hydrogen (secondary N) is 1. The van der Waals surface area contributed by atoms with Crippen molar-refractivity contribution < 1.29 is 23.9 Å². The summed E-state index contributed by atoms with van der Waals surface area (Å²) in [5, 5.41) is 2.17. The molecule has 1 aliphatic heterocycles. The fourth-order valence-corrected chi connectivity index (χ4v) is 2.61. The Kier molecular flexibility index (Phi) is 5.16. The van der Waals surface area contributed by atoms with E-state index in [0.717, 1.165) is 4.90 Å². The molecule has 1 fully saturated rings. The third-order valence-corrected chi connectivity index (χ3v) is 3.96. The van der Waals surface area contributed by atoms with Gasteiger partial charge in [0.15, 0.2) is 5.92 Å². The molecule has 2 aromatic carbocycles. The van der Waals surface area contributed by atoms with Crippen LogP contribution in [0.1, 0.15) is 0 Å². The minimum atomic E-state index is -1.25. The number of para-hydroxylation sites is 2. The van der Waals surface area contributed by atoms with E-state index in [1.165, 1.54) is 26.5 Å². The van der Waals surface area contributed by atoms with Crippen molar-refractivity contribution in [3.63, 3.8) is 0 Å². The van der Waals surface area contributed by atoms with Gasteiger partial charge in [0, 0.05) is 12.3 Å². The molecule has 1 heterocycles. The van der Waals surface area contributed by atoms with Crippen LogP contribution in [-0.2, 0) is 9.59 Å². The van der Waals surface area contributed by atoms with Gasteiger partial charge in [0.1, 0.15) is 17.2 Å². The zero-order valence-electron chi connectivity index (χ0n) is 14.7. The number of hydrogen-bond acceptors (Lipinski definition) is 6. The fraction of sp³-hybridized carbons (Fsp3) is 0.158. The predicted octanol–water partition coefficient (Wildman–Crippen LogP) is 2.31. The van der Waals surface area contributed by atoms with E-state index in [0.29, 0.717) is 22.9 Å². The third kappa shape index (κ3) is 3.64. The molecule has 3 rings (SSSR count). The Hall–Kier alpha value is -3.68. The third-order valence-electron chi connectivity index (χ3n) is 3.96. The number of carbonyl (C=O) groups excluding carboxylic acids is 3. The molecular weight excluding hydrogens is 350 g/mol. The Labute approximate surface area is 155 Å². The van der Waals surface area contributed by atoms with Gasteiger partial charge in [0.25, 0.3) is 5.91 Å². The van der Waals surface area contributed by atoms with Crippen LogP contribution in [0.5, 0.6) is 11.5 Å². The average molecular weight is 367 g/mol. The minimum absolute atomic E-state index is 0.292. The molecule has 0 bridgehead atoms. The van der Waals surface area contributed by atoms with Gasteiger partial charge >= 0.3 is 6.03 Å². The van der Waals surface area contributed by atoms with Crippen LogP contribution in [0.3, 0.4) is 0 Å². The van der Waals surface area contributed by atoms with E-state index in [-0.39, 0.29) is 0 Å². The molecule has 8 heteroatoms. The van der Waals surface area contributed by atoms with Gasteiger partial charge in [0.05, 0.1) is 19.9 Å². The topological polar surface area (TPSA) is 97.3 Å². The van der Waals surface area contributed by atoms with Gasteiger partial charge in [-0.2, -0.15) is 0 Å². The summed E-state index contributed by atoms with van der Waals surface area (Å²) < 4.78 is 10.3. The molecule has 4 amide bonds. The smallest absolute Gasteiger partial charge is 0.335 e. The van der Waals surface area contributed by atoms with Crippen molar-refractivity contribution >= 4 is 35.4 Å². The first-order valence-corrected chi connectivity index (χ1v) is 8.05. The monoisotopic (exact) mass is 367 g/mol. The number of imide groups is 2. The number of nitrogens with zero attached hydrogens (tertiary/aromatic N) is 2. The van der Waals surface area contributed by atoms with Crippen LogP contribution < -0.4 is 19.7 Å². The molecule has 1 N–H and O–H groups in total. The lowest BCUT2D eigenvalue weighted by Crippen LogP contribution is -2.58. The number of rotatable bonds is 5. The maximum Gasteiger partial charge on any atom is 0.335 e. The second kappa shape index (κ2) is 7.69.